The smallest absolute Gasteiger partial charge is 0.109 e. The lowest BCUT2D eigenvalue weighted by atomic mass is 10.3. The van der Waals surface area contributed by atoms with Crippen LogP contribution >= 0.6 is 0 Å². The third kappa shape index (κ3) is 2.91. The lowest BCUT2D eigenvalue weighted by Crippen LogP contribution is -2.24. The fourth-order valence-corrected chi connectivity index (χ4v) is 2.27. The molecule has 0 spiro atoms. The summed E-state index contributed by atoms with van der Waals surface area (Å²) < 4.78 is 2.36. The van der Waals surface area contributed by atoms with Crippen molar-refractivity contribution in [3.8, 4) is 0 Å². The number of fused-ring (bicyclic) bond motifs is 1. The summed E-state index contributed by atoms with van der Waals surface area (Å²) >= 11 is 0. The van der Waals surface area contributed by atoms with Gasteiger partial charge >= 0.3 is 0 Å². The van der Waals surface area contributed by atoms with Crippen molar-refractivity contribution in [1.29, 1.82) is 0 Å². The maximum absolute atomic E-state index is 4.69. The quantitative estimate of drug-likeness (QED) is 0.793. The van der Waals surface area contributed by atoms with Crippen LogP contribution in [0.25, 0.3) is 11.0 Å². The van der Waals surface area contributed by atoms with E-state index in [9.17, 15) is 0 Å². The molecule has 1 aromatic carbocycles. The average molecular weight is 245 g/mol. The van der Waals surface area contributed by atoms with E-state index in [2.05, 4.69) is 59.9 Å². The Kier molecular flexibility index (Phi) is 4.37. The van der Waals surface area contributed by atoms with Crippen LogP contribution in [-0.4, -0.2) is 22.1 Å². The van der Waals surface area contributed by atoms with Gasteiger partial charge in [-0.2, -0.15) is 0 Å². The first-order valence-corrected chi connectivity index (χ1v) is 6.90. The fourth-order valence-electron chi connectivity index (χ4n) is 2.27. The maximum atomic E-state index is 4.69. The van der Waals surface area contributed by atoms with E-state index >= 15 is 0 Å². The van der Waals surface area contributed by atoms with Crippen LogP contribution in [0.15, 0.2) is 24.3 Å². The number of hydrogen-bond acceptors (Lipinski definition) is 2. The normalized spacial score (nSPS) is 11.6. The summed E-state index contributed by atoms with van der Waals surface area (Å²) in [4.78, 5) is 4.69. The third-order valence-electron chi connectivity index (χ3n) is 3.16. The Morgan fingerprint density at radius 3 is 2.78 bits per heavy atom. The number of aryl methyl sites for hydroxylation is 2. The Morgan fingerprint density at radius 1 is 1.28 bits per heavy atom. The molecule has 0 aliphatic heterocycles. The predicted octanol–water partition coefficient (Wildman–Crippen LogP) is 2.99. The van der Waals surface area contributed by atoms with Gasteiger partial charge in [0.25, 0.3) is 0 Å². The van der Waals surface area contributed by atoms with E-state index in [1.807, 2.05) is 0 Å². The molecule has 2 aromatic rings. The SMILES string of the molecule is CCc1nc2ccccc2n1CCCNC(C)C. The minimum atomic E-state index is 0.565. The lowest BCUT2D eigenvalue weighted by molar-refractivity contribution is 0.533. The van der Waals surface area contributed by atoms with Crippen molar-refractivity contribution in [3.05, 3.63) is 30.1 Å². The van der Waals surface area contributed by atoms with Gasteiger partial charge < -0.3 is 9.88 Å². The van der Waals surface area contributed by atoms with Crippen molar-refractivity contribution in [2.45, 2.75) is 46.2 Å². The number of nitrogens with one attached hydrogen (secondary N) is 1. The molecule has 1 aromatic heterocycles. The molecular weight excluding hydrogens is 222 g/mol. The zero-order valence-corrected chi connectivity index (χ0v) is 11.6. The van der Waals surface area contributed by atoms with Crippen LogP contribution in [-0.2, 0) is 13.0 Å². The van der Waals surface area contributed by atoms with Gasteiger partial charge in [0.2, 0.25) is 0 Å². The zero-order chi connectivity index (χ0) is 13.0. The summed E-state index contributed by atoms with van der Waals surface area (Å²) in [6.07, 6.45) is 2.14. The molecule has 98 valence electrons. The molecule has 3 nitrogen and oxygen atoms in total. The van der Waals surface area contributed by atoms with Crippen LogP contribution in [0.1, 0.15) is 33.0 Å². The Hall–Kier alpha value is -1.35. The first-order valence-electron chi connectivity index (χ1n) is 6.90. The highest BCUT2D eigenvalue weighted by Gasteiger charge is 2.07. The number of aromatic nitrogens is 2. The first-order chi connectivity index (χ1) is 8.72. The highest BCUT2D eigenvalue weighted by molar-refractivity contribution is 5.75. The van der Waals surface area contributed by atoms with E-state index in [1.165, 1.54) is 11.3 Å². The van der Waals surface area contributed by atoms with E-state index in [0.717, 1.165) is 31.4 Å². The standard InChI is InChI=1S/C15H23N3/c1-4-15-17-13-8-5-6-9-14(13)18(15)11-7-10-16-12(2)3/h5-6,8-9,12,16H,4,7,10-11H2,1-3H3. The predicted molar refractivity (Wildman–Crippen MR) is 76.9 cm³/mol. The molecule has 0 aliphatic rings. The van der Waals surface area contributed by atoms with E-state index in [0.29, 0.717) is 6.04 Å². The van der Waals surface area contributed by atoms with Crippen molar-refractivity contribution in [2.24, 2.45) is 0 Å². The van der Waals surface area contributed by atoms with E-state index < -0.39 is 0 Å². The molecule has 3 heteroatoms. The third-order valence-corrected chi connectivity index (χ3v) is 3.16. The van der Waals surface area contributed by atoms with Gasteiger partial charge in [-0.15, -0.1) is 0 Å². The summed E-state index contributed by atoms with van der Waals surface area (Å²) in [5, 5.41) is 3.46. The van der Waals surface area contributed by atoms with Crippen molar-refractivity contribution < 1.29 is 0 Å². The Bertz CT molecular complexity index is 499. The van der Waals surface area contributed by atoms with Crippen molar-refractivity contribution >= 4 is 11.0 Å². The van der Waals surface area contributed by atoms with Gasteiger partial charge in [-0.25, -0.2) is 4.98 Å². The average Bonchev–Trinajstić information content (AvgIpc) is 2.72. The van der Waals surface area contributed by atoms with Gasteiger partial charge in [-0.05, 0) is 25.1 Å². The van der Waals surface area contributed by atoms with Crippen molar-refractivity contribution in [2.75, 3.05) is 6.54 Å². The molecule has 2 rings (SSSR count). The van der Waals surface area contributed by atoms with Gasteiger partial charge in [-0.3, -0.25) is 0 Å². The Labute approximate surface area is 109 Å². The lowest BCUT2D eigenvalue weighted by Gasteiger charge is -2.10. The zero-order valence-electron chi connectivity index (χ0n) is 11.6. The molecule has 0 saturated heterocycles. The summed E-state index contributed by atoms with van der Waals surface area (Å²) in [6, 6.07) is 8.97. The largest absolute Gasteiger partial charge is 0.328 e. The van der Waals surface area contributed by atoms with Crippen LogP contribution in [0.2, 0.25) is 0 Å². The van der Waals surface area contributed by atoms with Crippen LogP contribution in [0.4, 0.5) is 0 Å². The molecule has 0 fully saturated rings. The number of nitrogens with zero attached hydrogens (tertiary/aromatic N) is 2. The fraction of sp³-hybridized carbons (Fsp3) is 0.533. The molecule has 1 N–H and O–H groups in total. The molecule has 0 radical (unpaired) electrons. The first kappa shape index (κ1) is 13.1. The Balaban J connectivity index is 2.10. The van der Waals surface area contributed by atoms with Crippen molar-refractivity contribution in [3.63, 3.8) is 0 Å². The van der Waals surface area contributed by atoms with E-state index in [-0.39, 0.29) is 0 Å². The number of hydrogen-bond donors (Lipinski definition) is 1. The maximum Gasteiger partial charge on any atom is 0.109 e. The molecule has 0 unspecified atom stereocenters. The van der Waals surface area contributed by atoms with Gasteiger partial charge in [-0.1, -0.05) is 32.9 Å². The number of benzene rings is 1. The summed E-state index contributed by atoms with van der Waals surface area (Å²) in [6.45, 7) is 8.65. The van der Waals surface area contributed by atoms with Gasteiger partial charge in [0.15, 0.2) is 0 Å². The molecule has 0 amide bonds. The monoisotopic (exact) mass is 245 g/mol. The van der Waals surface area contributed by atoms with Gasteiger partial charge in [0.05, 0.1) is 11.0 Å². The molecular formula is C15H23N3. The number of imidazole rings is 1. The molecule has 0 atom stereocenters. The molecule has 18 heavy (non-hydrogen) atoms. The van der Waals surface area contributed by atoms with Gasteiger partial charge in [0, 0.05) is 19.0 Å². The topological polar surface area (TPSA) is 29.9 Å². The summed E-state index contributed by atoms with van der Waals surface area (Å²) in [5.74, 6) is 1.20. The van der Waals surface area contributed by atoms with Crippen LogP contribution in [0, 0.1) is 0 Å². The summed E-state index contributed by atoms with van der Waals surface area (Å²) in [5.41, 5.74) is 2.38. The van der Waals surface area contributed by atoms with Crippen LogP contribution in [0.3, 0.4) is 0 Å². The minimum absolute atomic E-state index is 0.565. The number of rotatable bonds is 6. The van der Waals surface area contributed by atoms with Crippen LogP contribution < -0.4 is 5.32 Å². The highest BCUT2D eigenvalue weighted by atomic mass is 15.1. The number of para-hydroxylation sites is 2. The van der Waals surface area contributed by atoms with E-state index in [4.69, 9.17) is 0 Å². The van der Waals surface area contributed by atoms with Crippen molar-refractivity contribution in [1.82, 2.24) is 14.9 Å². The summed E-state index contributed by atoms with van der Waals surface area (Å²) in [7, 11) is 0. The molecule has 0 saturated carbocycles. The molecule has 0 aliphatic carbocycles. The molecule has 0 bridgehead atoms. The van der Waals surface area contributed by atoms with Crippen LogP contribution in [0.5, 0.6) is 0 Å². The van der Waals surface area contributed by atoms with E-state index in [1.54, 1.807) is 0 Å². The molecule has 1 heterocycles. The second kappa shape index (κ2) is 6.01. The highest BCUT2D eigenvalue weighted by Crippen LogP contribution is 2.16. The Morgan fingerprint density at radius 2 is 2.06 bits per heavy atom. The second-order valence-electron chi connectivity index (χ2n) is 4.98. The van der Waals surface area contributed by atoms with Gasteiger partial charge in [0.1, 0.15) is 5.82 Å². The minimum Gasteiger partial charge on any atom is -0.328 e. The second-order valence-corrected chi connectivity index (χ2v) is 4.98.